The van der Waals surface area contributed by atoms with Gasteiger partial charge in [0.25, 0.3) is 5.69 Å². The Morgan fingerprint density at radius 2 is 2.12 bits per heavy atom. The number of anilines is 1. The van der Waals surface area contributed by atoms with Crippen LogP contribution in [-0.2, 0) is 11.2 Å². The van der Waals surface area contributed by atoms with Crippen molar-refractivity contribution in [3.8, 4) is 0 Å². The Bertz CT molecular complexity index is 617. The van der Waals surface area contributed by atoms with Gasteiger partial charge in [-0.15, -0.1) is 12.4 Å². The van der Waals surface area contributed by atoms with Crippen molar-refractivity contribution in [1.29, 1.82) is 0 Å². The number of nitrogens with one attached hydrogen (secondary N) is 1. The first kappa shape index (κ1) is 18.7. The molecule has 0 spiro atoms. The van der Waals surface area contributed by atoms with Crippen LogP contribution in [0, 0.1) is 22.0 Å². The summed E-state index contributed by atoms with van der Waals surface area (Å²) in [7, 11) is 0. The van der Waals surface area contributed by atoms with Gasteiger partial charge in [0.05, 0.1) is 16.2 Å². The maximum atomic E-state index is 12.7. The zero-order valence-electron chi connectivity index (χ0n) is 13.9. The second kappa shape index (κ2) is 7.94. The SMILES string of the molecule is CC(CC(=O)N1CCc2c1cccc2[N+](=O)[O-])C1CCNCC1.Cl. The molecule has 132 valence electrons. The van der Waals surface area contributed by atoms with Gasteiger partial charge >= 0.3 is 0 Å². The summed E-state index contributed by atoms with van der Waals surface area (Å²) in [6.45, 7) is 4.76. The molecule has 1 N–H and O–H groups in total. The Labute approximate surface area is 148 Å². The minimum absolute atomic E-state index is 0. The Kier molecular flexibility index (Phi) is 6.18. The van der Waals surface area contributed by atoms with Gasteiger partial charge in [0.1, 0.15) is 0 Å². The van der Waals surface area contributed by atoms with Crippen LogP contribution in [0.1, 0.15) is 31.7 Å². The van der Waals surface area contributed by atoms with E-state index in [1.165, 1.54) is 6.07 Å². The van der Waals surface area contributed by atoms with Crippen LogP contribution in [0.25, 0.3) is 0 Å². The summed E-state index contributed by atoms with van der Waals surface area (Å²) in [5.41, 5.74) is 1.55. The number of nitro benzene ring substituents is 1. The summed E-state index contributed by atoms with van der Waals surface area (Å²) in [4.78, 5) is 25.2. The lowest BCUT2D eigenvalue weighted by molar-refractivity contribution is -0.385. The fourth-order valence-electron chi connectivity index (χ4n) is 3.81. The second-order valence-corrected chi connectivity index (χ2v) is 6.60. The van der Waals surface area contributed by atoms with Crippen LogP contribution in [0.4, 0.5) is 11.4 Å². The van der Waals surface area contributed by atoms with Crippen molar-refractivity contribution in [3.63, 3.8) is 0 Å². The van der Waals surface area contributed by atoms with Crippen molar-refractivity contribution in [1.82, 2.24) is 5.32 Å². The number of hydrogen-bond acceptors (Lipinski definition) is 4. The molecule has 0 radical (unpaired) electrons. The summed E-state index contributed by atoms with van der Waals surface area (Å²) in [6, 6.07) is 5.01. The van der Waals surface area contributed by atoms with E-state index in [2.05, 4.69) is 12.2 Å². The van der Waals surface area contributed by atoms with E-state index in [9.17, 15) is 14.9 Å². The van der Waals surface area contributed by atoms with Crippen LogP contribution in [-0.4, -0.2) is 30.5 Å². The van der Waals surface area contributed by atoms with Crippen LogP contribution < -0.4 is 10.2 Å². The predicted molar refractivity (Wildman–Crippen MR) is 95.8 cm³/mol. The molecule has 1 aromatic rings. The fourth-order valence-corrected chi connectivity index (χ4v) is 3.81. The molecule has 7 heteroatoms. The number of piperidine rings is 1. The quantitative estimate of drug-likeness (QED) is 0.667. The molecular weight excluding hydrogens is 330 g/mol. The second-order valence-electron chi connectivity index (χ2n) is 6.60. The molecule has 24 heavy (non-hydrogen) atoms. The molecule has 1 fully saturated rings. The molecule has 2 aliphatic rings. The number of nitro groups is 1. The van der Waals surface area contributed by atoms with Crippen LogP contribution >= 0.6 is 12.4 Å². The van der Waals surface area contributed by atoms with Gasteiger partial charge in [-0.1, -0.05) is 13.0 Å². The minimum atomic E-state index is -0.357. The minimum Gasteiger partial charge on any atom is -0.317 e. The van der Waals surface area contributed by atoms with Crippen molar-refractivity contribution in [2.45, 2.75) is 32.6 Å². The van der Waals surface area contributed by atoms with Crippen LogP contribution in [0.5, 0.6) is 0 Å². The summed E-state index contributed by atoms with van der Waals surface area (Å²) in [5, 5.41) is 14.5. The first-order valence-corrected chi connectivity index (χ1v) is 8.35. The molecule has 2 heterocycles. The molecule has 0 aromatic heterocycles. The summed E-state index contributed by atoms with van der Waals surface area (Å²) >= 11 is 0. The highest BCUT2D eigenvalue weighted by Crippen LogP contribution is 2.36. The van der Waals surface area contributed by atoms with E-state index in [0.29, 0.717) is 36.8 Å². The molecule has 1 aromatic carbocycles. The lowest BCUT2D eigenvalue weighted by Gasteiger charge is -2.29. The Morgan fingerprint density at radius 3 is 2.79 bits per heavy atom. The summed E-state index contributed by atoms with van der Waals surface area (Å²) in [6.07, 6.45) is 3.33. The normalized spacial score (nSPS) is 18.6. The molecule has 1 atom stereocenters. The first-order valence-electron chi connectivity index (χ1n) is 8.35. The van der Waals surface area contributed by atoms with Gasteiger partial charge in [-0.2, -0.15) is 0 Å². The van der Waals surface area contributed by atoms with Crippen molar-refractivity contribution in [3.05, 3.63) is 33.9 Å². The molecular formula is C17H24ClN3O3. The number of amides is 1. The number of nitrogens with zero attached hydrogens (tertiary/aromatic N) is 2. The van der Waals surface area contributed by atoms with Crippen molar-refractivity contribution in [2.75, 3.05) is 24.5 Å². The van der Waals surface area contributed by atoms with Gasteiger partial charge in [-0.05, 0) is 50.3 Å². The molecule has 1 amide bonds. The zero-order valence-corrected chi connectivity index (χ0v) is 14.7. The third-order valence-electron chi connectivity index (χ3n) is 5.19. The van der Waals surface area contributed by atoms with Crippen molar-refractivity contribution >= 4 is 29.7 Å². The summed E-state index contributed by atoms with van der Waals surface area (Å²) < 4.78 is 0. The third kappa shape index (κ3) is 3.70. The lowest BCUT2D eigenvalue weighted by atomic mass is 9.84. The lowest BCUT2D eigenvalue weighted by Crippen LogP contribution is -2.35. The first-order chi connectivity index (χ1) is 11.1. The average Bonchev–Trinajstić information content (AvgIpc) is 2.99. The van der Waals surface area contributed by atoms with E-state index in [-0.39, 0.29) is 28.9 Å². The molecule has 0 aliphatic carbocycles. The van der Waals surface area contributed by atoms with Gasteiger partial charge in [-0.25, -0.2) is 0 Å². The van der Waals surface area contributed by atoms with Gasteiger partial charge < -0.3 is 10.2 Å². The van der Waals surface area contributed by atoms with Crippen LogP contribution in [0.15, 0.2) is 18.2 Å². The smallest absolute Gasteiger partial charge is 0.274 e. The highest BCUT2D eigenvalue weighted by molar-refractivity contribution is 5.96. The number of rotatable bonds is 4. The Hall–Kier alpha value is -1.66. The van der Waals surface area contributed by atoms with Crippen molar-refractivity contribution in [2.24, 2.45) is 11.8 Å². The largest absolute Gasteiger partial charge is 0.317 e. The molecule has 2 aliphatic heterocycles. The molecule has 0 saturated carbocycles. The topological polar surface area (TPSA) is 75.5 Å². The number of fused-ring (bicyclic) bond motifs is 1. The maximum absolute atomic E-state index is 12.7. The monoisotopic (exact) mass is 353 g/mol. The number of benzene rings is 1. The highest BCUT2D eigenvalue weighted by atomic mass is 35.5. The predicted octanol–water partition coefficient (Wildman–Crippen LogP) is 2.93. The van der Waals surface area contributed by atoms with E-state index in [0.717, 1.165) is 31.6 Å². The summed E-state index contributed by atoms with van der Waals surface area (Å²) in [5.74, 6) is 1.04. The average molecular weight is 354 g/mol. The van der Waals surface area contributed by atoms with Gasteiger partial charge in [0, 0.05) is 19.0 Å². The standard InChI is InChI=1S/C17H23N3O3.ClH/c1-12(13-5-8-18-9-6-13)11-17(21)19-10-7-14-15(19)3-2-4-16(14)20(22)23;/h2-4,12-13,18H,5-11H2,1H3;1H. The highest BCUT2D eigenvalue weighted by Gasteiger charge is 2.32. The number of halogens is 1. The van der Waals surface area contributed by atoms with E-state index < -0.39 is 0 Å². The number of carbonyl (C=O) groups is 1. The van der Waals surface area contributed by atoms with Crippen molar-refractivity contribution < 1.29 is 9.72 Å². The molecule has 3 rings (SSSR count). The van der Waals surface area contributed by atoms with Gasteiger partial charge in [-0.3, -0.25) is 14.9 Å². The van der Waals surface area contributed by atoms with E-state index in [4.69, 9.17) is 0 Å². The van der Waals surface area contributed by atoms with E-state index in [1.54, 1.807) is 11.0 Å². The van der Waals surface area contributed by atoms with Crippen LogP contribution in [0.2, 0.25) is 0 Å². The third-order valence-corrected chi connectivity index (χ3v) is 5.19. The molecule has 0 bridgehead atoms. The molecule has 1 saturated heterocycles. The zero-order chi connectivity index (χ0) is 16.4. The fraction of sp³-hybridized carbons (Fsp3) is 0.588. The molecule has 1 unspecified atom stereocenters. The van der Waals surface area contributed by atoms with Gasteiger partial charge in [0.2, 0.25) is 5.91 Å². The molecule has 6 nitrogen and oxygen atoms in total. The van der Waals surface area contributed by atoms with Gasteiger partial charge in [0.15, 0.2) is 0 Å². The Balaban J connectivity index is 0.00000208. The Morgan fingerprint density at radius 1 is 1.42 bits per heavy atom. The van der Waals surface area contributed by atoms with Crippen LogP contribution in [0.3, 0.4) is 0 Å². The number of hydrogen-bond donors (Lipinski definition) is 1. The number of carbonyl (C=O) groups excluding carboxylic acids is 1. The van der Waals surface area contributed by atoms with E-state index >= 15 is 0 Å². The van der Waals surface area contributed by atoms with E-state index in [1.807, 2.05) is 6.07 Å². The maximum Gasteiger partial charge on any atom is 0.274 e.